The molecule has 0 bridgehead atoms. The summed E-state index contributed by atoms with van der Waals surface area (Å²) in [4.78, 5) is 14.4. The van der Waals surface area contributed by atoms with Crippen LogP contribution in [0.5, 0.6) is 0 Å². The number of carbonyl (C=O) groups is 1. The van der Waals surface area contributed by atoms with Gasteiger partial charge >= 0.3 is 0 Å². The Balaban J connectivity index is 1.60. The summed E-state index contributed by atoms with van der Waals surface area (Å²) in [6.07, 6.45) is 1.01. The van der Waals surface area contributed by atoms with Crippen LogP contribution in [0.15, 0.2) is 48.5 Å². The number of rotatable bonds is 4. The highest BCUT2D eigenvalue weighted by Crippen LogP contribution is 2.27. The van der Waals surface area contributed by atoms with Crippen LogP contribution in [-0.2, 0) is 11.2 Å². The van der Waals surface area contributed by atoms with Gasteiger partial charge in [0.15, 0.2) is 0 Å². The van der Waals surface area contributed by atoms with Crippen molar-refractivity contribution in [3.8, 4) is 0 Å². The molecule has 1 amide bonds. The van der Waals surface area contributed by atoms with Gasteiger partial charge in [0.1, 0.15) is 0 Å². The number of halogens is 1. The Morgan fingerprint density at radius 3 is 2.73 bits per heavy atom. The van der Waals surface area contributed by atoms with Crippen LogP contribution in [0.3, 0.4) is 0 Å². The van der Waals surface area contributed by atoms with E-state index in [0.717, 1.165) is 18.5 Å². The van der Waals surface area contributed by atoms with E-state index < -0.39 is 0 Å². The van der Waals surface area contributed by atoms with Crippen molar-refractivity contribution in [3.05, 3.63) is 64.7 Å². The molecule has 1 N–H and O–H groups in total. The van der Waals surface area contributed by atoms with Crippen LogP contribution < -0.4 is 10.2 Å². The summed E-state index contributed by atoms with van der Waals surface area (Å²) < 4.78 is 0. The van der Waals surface area contributed by atoms with Crippen molar-refractivity contribution in [3.63, 3.8) is 0 Å². The van der Waals surface area contributed by atoms with Gasteiger partial charge in [-0.3, -0.25) is 4.79 Å². The first kappa shape index (κ1) is 14.9. The maximum Gasteiger partial charge on any atom is 0.239 e. The van der Waals surface area contributed by atoms with Crippen LogP contribution in [-0.4, -0.2) is 19.0 Å². The lowest BCUT2D eigenvalue weighted by atomic mass is 10.1. The number of hydrogen-bond acceptors (Lipinski definition) is 2. The van der Waals surface area contributed by atoms with Crippen molar-refractivity contribution in [1.82, 2.24) is 5.32 Å². The summed E-state index contributed by atoms with van der Waals surface area (Å²) >= 11 is 5.89. The molecule has 0 aliphatic carbocycles. The molecule has 1 aliphatic heterocycles. The van der Waals surface area contributed by atoms with Crippen molar-refractivity contribution in [2.24, 2.45) is 0 Å². The van der Waals surface area contributed by atoms with Crippen LogP contribution >= 0.6 is 11.6 Å². The summed E-state index contributed by atoms with van der Waals surface area (Å²) in [5.74, 6) is 0.0409. The van der Waals surface area contributed by atoms with Crippen LogP contribution in [0.2, 0.25) is 5.02 Å². The molecule has 22 heavy (non-hydrogen) atoms. The van der Waals surface area contributed by atoms with Gasteiger partial charge in [-0.15, -0.1) is 0 Å². The second kappa shape index (κ2) is 6.41. The molecule has 0 fully saturated rings. The molecule has 2 aromatic rings. The molecule has 1 aliphatic rings. The fourth-order valence-corrected chi connectivity index (χ4v) is 2.99. The minimum absolute atomic E-state index is 0.0254. The molecule has 114 valence electrons. The Morgan fingerprint density at radius 1 is 1.23 bits per heavy atom. The lowest BCUT2D eigenvalue weighted by molar-refractivity contribution is -0.120. The third kappa shape index (κ3) is 3.25. The predicted molar refractivity (Wildman–Crippen MR) is 90.4 cm³/mol. The molecule has 3 rings (SSSR count). The van der Waals surface area contributed by atoms with Gasteiger partial charge < -0.3 is 10.2 Å². The number of benzene rings is 2. The lowest BCUT2D eigenvalue weighted by Gasteiger charge is -2.21. The van der Waals surface area contributed by atoms with Crippen molar-refractivity contribution < 1.29 is 4.79 Å². The lowest BCUT2D eigenvalue weighted by Crippen LogP contribution is -2.37. The Morgan fingerprint density at radius 2 is 1.95 bits per heavy atom. The quantitative estimate of drug-likeness (QED) is 0.935. The third-order valence-corrected chi connectivity index (χ3v) is 4.32. The number of nitrogens with zero attached hydrogens (tertiary/aromatic N) is 1. The largest absolute Gasteiger partial charge is 0.362 e. The van der Waals surface area contributed by atoms with E-state index in [4.69, 9.17) is 11.6 Å². The molecule has 0 radical (unpaired) electrons. The van der Waals surface area contributed by atoms with Gasteiger partial charge in [-0.1, -0.05) is 41.9 Å². The first-order valence-electron chi connectivity index (χ1n) is 7.51. The third-order valence-electron chi connectivity index (χ3n) is 4.07. The molecule has 0 aromatic heterocycles. The van der Waals surface area contributed by atoms with E-state index in [1.54, 1.807) is 0 Å². The standard InChI is InChI=1S/C18H19ClN2O/c1-13(14-6-8-16(19)9-7-14)20-18(22)12-21-11-10-15-4-2-3-5-17(15)21/h2-9,13H,10-12H2,1H3,(H,20,22). The molecular weight excluding hydrogens is 296 g/mol. The summed E-state index contributed by atoms with van der Waals surface area (Å²) in [6, 6.07) is 15.8. The molecule has 0 saturated heterocycles. The number of amides is 1. The number of para-hydroxylation sites is 1. The summed E-state index contributed by atoms with van der Waals surface area (Å²) in [5, 5.41) is 3.75. The van der Waals surface area contributed by atoms with Gasteiger partial charge in [0.05, 0.1) is 12.6 Å². The monoisotopic (exact) mass is 314 g/mol. The predicted octanol–water partition coefficient (Wildman–Crippen LogP) is 3.58. The summed E-state index contributed by atoms with van der Waals surface area (Å²) in [6.45, 7) is 3.29. The van der Waals surface area contributed by atoms with Crippen LogP contribution in [0.25, 0.3) is 0 Å². The zero-order valence-electron chi connectivity index (χ0n) is 12.6. The number of fused-ring (bicyclic) bond motifs is 1. The SMILES string of the molecule is CC(NC(=O)CN1CCc2ccccc21)c1ccc(Cl)cc1. The van der Waals surface area contributed by atoms with Crippen LogP contribution in [0.1, 0.15) is 24.1 Å². The summed E-state index contributed by atoms with van der Waals surface area (Å²) in [7, 11) is 0. The molecule has 1 heterocycles. The highest BCUT2D eigenvalue weighted by molar-refractivity contribution is 6.30. The van der Waals surface area contributed by atoms with Gasteiger partial charge in [0.2, 0.25) is 5.91 Å². The molecular formula is C18H19ClN2O. The Kier molecular flexibility index (Phi) is 4.34. The number of hydrogen-bond donors (Lipinski definition) is 1. The zero-order valence-corrected chi connectivity index (χ0v) is 13.3. The summed E-state index contributed by atoms with van der Waals surface area (Å²) in [5.41, 5.74) is 3.55. The van der Waals surface area contributed by atoms with E-state index in [1.165, 1.54) is 11.3 Å². The van der Waals surface area contributed by atoms with E-state index >= 15 is 0 Å². The fraction of sp³-hybridized carbons (Fsp3) is 0.278. The number of nitrogens with one attached hydrogen (secondary N) is 1. The average Bonchev–Trinajstić information content (AvgIpc) is 2.91. The first-order chi connectivity index (χ1) is 10.6. The highest BCUT2D eigenvalue weighted by Gasteiger charge is 2.21. The van der Waals surface area contributed by atoms with Crippen molar-refractivity contribution in [2.75, 3.05) is 18.0 Å². The first-order valence-corrected chi connectivity index (χ1v) is 7.89. The molecule has 4 heteroatoms. The van der Waals surface area contributed by atoms with E-state index in [-0.39, 0.29) is 11.9 Å². The second-order valence-electron chi connectivity index (χ2n) is 5.64. The minimum Gasteiger partial charge on any atom is -0.362 e. The molecule has 3 nitrogen and oxygen atoms in total. The number of anilines is 1. The van der Waals surface area contributed by atoms with Gasteiger partial charge in [0, 0.05) is 17.3 Å². The molecule has 2 aromatic carbocycles. The van der Waals surface area contributed by atoms with Crippen molar-refractivity contribution >= 4 is 23.2 Å². The second-order valence-corrected chi connectivity index (χ2v) is 6.08. The highest BCUT2D eigenvalue weighted by atomic mass is 35.5. The Labute approximate surface area is 135 Å². The number of carbonyl (C=O) groups excluding carboxylic acids is 1. The van der Waals surface area contributed by atoms with Gasteiger partial charge in [0.25, 0.3) is 0 Å². The molecule has 1 atom stereocenters. The fourth-order valence-electron chi connectivity index (χ4n) is 2.87. The van der Waals surface area contributed by atoms with Gasteiger partial charge in [-0.2, -0.15) is 0 Å². The Bertz CT molecular complexity index is 669. The van der Waals surface area contributed by atoms with E-state index in [2.05, 4.69) is 22.3 Å². The van der Waals surface area contributed by atoms with E-state index in [0.29, 0.717) is 11.6 Å². The maximum atomic E-state index is 12.3. The minimum atomic E-state index is -0.0254. The van der Waals surface area contributed by atoms with E-state index in [9.17, 15) is 4.79 Å². The smallest absolute Gasteiger partial charge is 0.239 e. The Hall–Kier alpha value is -2.00. The topological polar surface area (TPSA) is 32.3 Å². The zero-order chi connectivity index (χ0) is 15.5. The van der Waals surface area contributed by atoms with E-state index in [1.807, 2.05) is 43.3 Å². The molecule has 0 saturated carbocycles. The van der Waals surface area contributed by atoms with Crippen LogP contribution in [0.4, 0.5) is 5.69 Å². The van der Waals surface area contributed by atoms with Crippen molar-refractivity contribution in [1.29, 1.82) is 0 Å². The van der Waals surface area contributed by atoms with Crippen LogP contribution in [0, 0.1) is 0 Å². The van der Waals surface area contributed by atoms with Gasteiger partial charge in [-0.25, -0.2) is 0 Å². The molecule has 0 spiro atoms. The average molecular weight is 315 g/mol. The van der Waals surface area contributed by atoms with Crippen molar-refractivity contribution in [2.45, 2.75) is 19.4 Å². The normalized spacial score (nSPS) is 14.5. The maximum absolute atomic E-state index is 12.3. The van der Waals surface area contributed by atoms with Gasteiger partial charge in [-0.05, 0) is 42.7 Å². The molecule has 1 unspecified atom stereocenters.